The number of fused-ring (bicyclic) bond motifs is 2. The molecule has 4 aromatic rings. The number of rotatable bonds is 6. The largest absolute Gasteiger partial charge is 0.496 e. The minimum atomic E-state index is -1.29. The second-order valence-corrected chi connectivity index (χ2v) is 11.8. The molecule has 46 heavy (non-hydrogen) atoms. The van der Waals surface area contributed by atoms with Crippen LogP contribution in [0, 0.1) is 0 Å². The van der Waals surface area contributed by atoms with Gasteiger partial charge in [-0.25, -0.2) is 9.59 Å². The Balaban J connectivity index is 1.52. The van der Waals surface area contributed by atoms with Crippen molar-refractivity contribution < 1.29 is 28.5 Å². The topological polar surface area (TPSA) is 84.0 Å². The van der Waals surface area contributed by atoms with Gasteiger partial charge in [0.2, 0.25) is 0 Å². The van der Waals surface area contributed by atoms with E-state index in [0.29, 0.717) is 23.0 Å². The molecule has 0 saturated carbocycles. The van der Waals surface area contributed by atoms with Crippen molar-refractivity contribution in [3.05, 3.63) is 118 Å². The van der Waals surface area contributed by atoms with Gasteiger partial charge in [0.1, 0.15) is 23.0 Å². The molecule has 0 radical (unpaired) electrons. The monoisotopic (exact) mass is 618 g/mol. The first-order valence-electron chi connectivity index (χ1n) is 15.2. The Labute approximate surface area is 267 Å². The second-order valence-electron chi connectivity index (χ2n) is 11.8. The number of carbonyl (C=O) groups is 2. The molecule has 4 heterocycles. The summed E-state index contributed by atoms with van der Waals surface area (Å²) in [5, 5.41) is 0. The summed E-state index contributed by atoms with van der Waals surface area (Å²) in [6.07, 6.45) is 0. The second kappa shape index (κ2) is 10.1. The first kappa shape index (κ1) is 28.1. The number of benzene rings is 4. The maximum absolute atomic E-state index is 15.4. The molecule has 0 N–H and O–H groups in total. The highest BCUT2D eigenvalue weighted by Gasteiger charge is 2.80. The Bertz CT molecular complexity index is 1660. The Morgan fingerprint density at radius 2 is 0.696 bits per heavy atom. The summed E-state index contributed by atoms with van der Waals surface area (Å²) in [6, 6.07) is 26.8. The summed E-state index contributed by atoms with van der Waals surface area (Å²) in [7, 11) is 6.48. The fourth-order valence-electron chi connectivity index (χ4n) is 8.38. The number of hydrogen-bond acceptors (Lipinski definition) is 6. The van der Waals surface area contributed by atoms with Gasteiger partial charge in [-0.1, -0.05) is 60.7 Å². The molecule has 10 heteroatoms. The van der Waals surface area contributed by atoms with E-state index in [2.05, 4.69) is 0 Å². The molecule has 4 aliphatic rings. The predicted molar refractivity (Wildman–Crippen MR) is 168 cm³/mol. The van der Waals surface area contributed by atoms with Crippen LogP contribution >= 0.6 is 0 Å². The van der Waals surface area contributed by atoms with Gasteiger partial charge < -0.3 is 18.9 Å². The summed E-state index contributed by atoms with van der Waals surface area (Å²) in [6.45, 7) is 0.755. The van der Waals surface area contributed by atoms with Crippen LogP contribution < -0.4 is 18.9 Å². The van der Waals surface area contributed by atoms with Gasteiger partial charge in [0.15, 0.2) is 11.3 Å². The minimum Gasteiger partial charge on any atom is -0.496 e. The molecule has 10 nitrogen and oxygen atoms in total. The Morgan fingerprint density at radius 3 is 0.935 bits per heavy atom. The lowest BCUT2D eigenvalue weighted by Gasteiger charge is -2.49. The first-order chi connectivity index (χ1) is 22.5. The lowest BCUT2D eigenvalue weighted by atomic mass is 9.79. The zero-order valence-electron chi connectivity index (χ0n) is 26.1. The van der Waals surface area contributed by atoms with Gasteiger partial charge >= 0.3 is 12.1 Å². The third-order valence-electron chi connectivity index (χ3n) is 10.2. The van der Waals surface area contributed by atoms with Crippen molar-refractivity contribution in [1.82, 2.24) is 19.6 Å². The SMILES string of the molecule is COc1ccc(OC)c2c1CN1C(=O)N3Cc4c(OC)ccc(OC)c4CN4C(=O)N(C2)C1(c1ccccc1)C34c1ccccc1. The molecule has 2 saturated heterocycles. The van der Waals surface area contributed by atoms with E-state index in [4.69, 9.17) is 18.9 Å². The number of methoxy groups -OCH3 is 4. The summed E-state index contributed by atoms with van der Waals surface area (Å²) >= 11 is 0. The number of urea groups is 2. The van der Waals surface area contributed by atoms with Crippen LogP contribution in [-0.4, -0.2) is 60.1 Å². The molecule has 234 valence electrons. The van der Waals surface area contributed by atoms with Crippen molar-refractivity contribution in [3.63, 3.8) is 0 Å². The van der Waals surface area contributed by atoms with Crippen LogP contribution in [0.25, 0.3) is 0 Å². The molecule has 0 aromatic heterocycles. The zero-order valence-corrected chi connectivity index (χ0v) is 26.1. The molecule has 0 unspecified atom stereocenters. The van der Waals surface area contributed by atoms with Crippen molar-refractivity contribution in [2.75, 3.05) is 28.4 Å². The van der Waals surface area contributed by atoms with Crippen molar-refractivity contribution >= 4 is 12.1 Å². The summed E-state index contributed by atoms with van der Waals surface area (Å²) in [5.74, 6) is 2.52. The molecule has 0 spiro atoms. The first-order valence-corrected chi connectivity index (χ1v) is 15.2. The van der Waals surface area contributed by atoms with Crippen LogP contribution in [0.5, 0.6) is 23.0 Å². The van der Waals surface area contributed by atoms with Crippen LogP contribution in [0.2, 0.25) is 0 Å². The zero-order chi connectivity index (χ0) is 31.8. The predicted octanol–water partition coefficient (Wildman–Crippen LogP) is 5.63. The van der Waals surface area contributed by atoms with E-state index in [1.165, 1.54) is 0 Å². The average molecular weight is 619 g/mol. The smallest absolute Gasteiger partial charge is 0.325 e. The summed E-state index contributed by atoms with van der Waals surface area (Å²) < 4.78 is 23.5. The van der Waals surface area contributed by atoms with Gasteiger partial charge in [0.05, 0.1) is 54.6 Å². The number of nitrogens with zero attached hydrogens (tertiary/aromatic N) is 4. The molecular formula is C36H34N4O6. The van der Waals surface area contributed by atoms with E-state index in [-0.39, 0.29) is 38.2 Å². The van der Waals surface area contributed by atoms with Gasteiger partial charge in [-0.2, -0.15) is 0 Å². The highest BCUT2D eigenvalue weighted by Crippen LogP contribution is 2.66. The lowest BCUT2D eigenvalue weighted by molar-refractivity contribution is -0.0795. The van der Waals surface area contributed by atoms with Gasteiger partial charge in [-0.15, -0.1) is 0 Å². The average Bonchev–Trinajstić information content (AvgIpc) is 3.26. The standard InChI is InChI=1S/C36H34N4O6/c1-43-29-15-16-30(44-2)26-20-38-34(42)40-22-28-27(31(45-3)17-18-32(28)46-4)21-39-33(41)37(19-25(26)29)35(38,23-11-7-5-8-12-23)36(39,40)24-13-9-6-10-14-24/h5-18H,19-22H2,1-4H3. The molecule has 0 atom stereocenters. The fourth-order valence-corrected chi connectivity index (χ4v) is 8.38. The molecule has 0 bridgehead atoms. The van der Waals surface area contributed by atoms with Crippen molar-refractivity contribution in [3.8, 4) is 23.0 Å². The number of ether oxygens (including phenoxy) is 4. The number of carbonyl (C=O) groups excluding carboxylic acids is 2. The fraction of sp³-hybridized carbons (Fsp3) is 0.278. The van der Waals surface area contributed by atoms with Gasteiger partial charge in [0.25, 0.3) is 0 Å². The summed E-state index contributed by atoms with van der Waals surface area (Å²) in [5.41, 5.74) is 2.28. The summed E-state index contributed by atoms with van der Waals surface area (Å²) in [4.78, 5) is 38.2. The van der Waals surface area contributed by atoms with E-state index >= 15 is 9.59 Å². The maximum atomic E-state index is 15.4. The van der Waals surface area contributed by atoms with E-state index < -0.39 is 11.3 Å². The third-order valence-corrected chi connectivity index (χ3v) is 10.2. The van der Waals surface area contributed by atoms with E-state index in [1.54, 1.807) is 28.4 Å². The number of hydrogen-bond donors (Lipinski definition) is 0. The van der Waals surface area contributed by atoms with E-state index in [9.17, 15) is 0 Å². The van der Waals surface area contributed by atoms with Crippen LogP contribution in [0.3, 0.4) is 0 Å². The van der Waals surface area contributed by atoms with Crippen molar-refractivity contribution in [2.45, 2.75) is 37.5 Å². The highest BCUT2D eigenvalue weighted by atomic mass is 16.5. The molecule has 4 aromatic carbocycles. The van der Waals surface area contributed by atoms with E-state index in [1.807, 2.05) is 105 Å². The van der Waals surface area contributed by atoms with Crippen LogP contribution in [0.1, 0.15) is 33.4 Å². The maximum Gasteiger partial charge on any atom is 0.325 e. The minimum absolute atomic E-state index is 0.189. The molecule has 4 aliphatic heterocycles. The Hall–Kier alpha value is -5.38. The Morgan fingerprint density at radius 1 is 0.435 bits per heavy atom. The molecular weight excluding hydrogens is 584 g/mol. The molecule has 4 amide bonds. The quantitative estimate of drug-likeness (QED) is 0.279. The van der Waals surface area contributed by atoms with Gasteiger partial charge in [-0.3, -0.25) is 19.6 Å². The van der Waals surface area contributed by atoms with Crippen LogP contribution in [-0.2, 0) is 37.5 Å². The van der Waals surface area contributed by atoms with E-state index in [0.717, 1.165) is 33.4 Å². The van der Waals surface area contributed by atoms with Crippen molar-refractivity contribution in [2.24, 2.45) is 0 Å². The van der Waals surface area contributed by atoms with Crippen molar-refractivity contribution in [1.29, 1.82) is 0 Å². The normalized spacial score (nSPS) is 22.5. The molecule has 8 rings (SSSR count). The van der Waals surface area contributed by atoms with Crippen LogP contribution in [0.4, 0.5) is 9.59 Å². The molecule has 0 aliphatic carbocycles. The highest BCUT2D eigenvalue weighted by molar-refractivity contribution is 5.91. The van der Waals surface area contributed by atoms with Gasteiger partial charge in [0, 0.05) is 33.4 Å². The molecule has 2 fully saturated rings. The number of amides is 4. The Kier molecular flexibility index (Phi) is 6.15. The lowest BCUT2D eigenvalue weighted by Crippen LogP contribution is -2.62. The van der Waals surface area contributed by atoms with Crippen LogP contribution in [0.15, 0.2) is 84.9 Å². The van der Waals surface area contributed by atoms with Gasteiger partial charge in [-0.05, 0) is 24.3 Å². The third kappa shape index (κ3) is 3.25.